The van der Waals surface area contributed by atoms with Crippen molar-refractivity contribution in [1.82, 2.24) is 13.9 Å². The molecule has 0 saturated heterocycles. The second-order valence-electron chi connectivity index (χ2n) is 5.07. The van der Waals surface area contributed by atoms with E-state index in [-0.39, 0.29) is 12.5 Å². The molecular weight excluding hydrogens is 326 g/mol. The number of hydrogen-bond donors (Lipinski definition) is 1. The molecule has 124 valence electrons. The summed E-state index contributed by atoms with van der Waals surface area (Å²) < 4.78 is 26.7. The molecule has 6 nitrogen and oxygen atoms in total. The van der Waals surface area contributed by atoms with Crippen molar-refractivity contribution < 1.29 is 13.2 Å². The molecule has 0 aliphatic carbocycles. The SMILES string of the molecule is CC(=O)N(CCNS(=O)(=O)N(C)C)CCc1cccc(Cl)c1. The first-order valence-electron chi connectivity index (χ1n) is 6.89. The zero-order chi connectivity index (χ0) is 16.8. The van der Waals surface area contributed by atoms with Crippen molar-refractivity contribution in [2.45, 2.75) is 13.3 Å². The van der Waals surface area contributed by atoms with Crippen molar-refractivity contribution in [3.8, 4) is 0 Å². The Bertz CT molecular complexity index is 605. The summed E-state index contributed by atoms with van der Waals surface area (Å²) >= 11 is 5.92. The maximum absolute atomic E-state index is 11.6. The fourth-order valence-corrected chi connectivity index (χ4v) is 2.64. The number of nitrogens with zero attached hydrogens (tertiary/aromatic N) is 2. The zero-order valence-electron chi connectivity index (χ0n) is 13.0. The summed E-state index contributed by atoms with van der Waals surface area (Å²) in [6.07, 6.45) is 0.667. The molecule has 8 heteroatoms. The Kier molecular flexibility index (Phi) is 7.28. The second kappa shape index (κ2) is 8.47. The number of hydrogen-bond acceptors (Lipinski definition) is 3. The van der Waals surface area contributed by atoms with Gasteiger partial charge in [-0.25, -0.2) is 4.72 Å². The lowest BCUT2D eigenvalue weighted by molar-refractivity contribution is -0.128. The van der Waals surface area contributed by atoms with Gasteiger partial charge in [-0.3, -0.25) is 4.79 Å². The summed E-state index contributed by atoms with van der Waals surface area (Å²) in [6.45, 7) is 2.48. The van der Waals surface area contributed by atoms with Crippen LogP contribution in [-0.4, -0.2) is 57.3 Å². The first-order chi connectivity index (χ1) is 10.2. The van der Waals surface area contributed by atoms with Crippen LogP contribution in [0.25, 0.3) is 0 Å². The number of halogens is 1. The molecule has 0 bridgehead atoms. The zero-order valence-corrected chi connectivity index (χ0v) is 14.6. The summed E-state index contributed by atoms with van der Waals surface area (Å²) in [6, 6.07) is 7.46. The molecule has 0 unspecified atom stereocenters. The Morgan fingerprint density at radius 2 is 1.95 bits per heavy atom. The molecule has 1 aromatic rings. The molecule has 1 amide bonds. The van der Waals surface area contributed by atoms with Gasteiger partial charge in [0.1, 0.15) is 0 Å². The summed E-state index contributed by atoms with van der Waals surface area (Å²) in [5.41, 5.74) is 1.03. The quantitative estimate of drug-likeness (QED) is 0.766. The molecule has 1 N–H and O–H groups in total. The number of benzene rings is 1. The van der Waals surface area contributed by atoms with Gasteiger partial charge >= 0.3 is 0 Å². The lowest BCUT2D eigenvalue weighted by Crippen LogP contribution is -2.42. The maximum Gasteiger partial charge on any atom is 0.278 e. The topological polar surface area (TPSA) is 69.7 Å². The van der Waals surface area contributed by atoms with Crippen molar-refractivity contribution in [3.05, 3.63) is 34.9 Å². The molecule has 0 aliphatic rings. The van der Waals surface area contributed by atoms with E-state index < -0.39 is 10.2 Å². The number of amides is 1. The predicted octanol–water partition coefficient (Wildman–Crippen LogP) is 1.13. The van der Waals surface area contributed by atoms with Crippen molar-refractivity contribution in [2.24, 2.45) is 0 Å². The van der Waals surface area contributed by atoms with Crippen LogP contribution in [0.15, 0.2) is 24.3 Å². The lowest BCUT2D eigenvalue weighted by atomic mass is 10.1. The van der Waals surface area contributed by atoms with Crippen molar-refractivity contribution >= 4 is 27.7 Å². The van der Waals surface area contributed by atoms with E-state index in [9.17, 15) is 13.2 Å². The molecule has 0 saturated carbocycles. The molecule has 0 radical (unpaired) electrons. The Hall–Kier alpha value is -1.15. The van der Waals surface area contributed by atoms with Gasteiger partial charge in [0.2, 0.25) is 5.91 Å². The van der Waals surface area contributed by atoms with E-state index in [0.717, 1.165) is 9.87 Å². The van der Waals surface area contributed by atoms with Gasteiger partial charge in [-0.15, -0.1) is 0 Å². The van der Waals surface area contributed by atoms with E-state index in [4.69, 9.17) is 11.6 Å². The van der Waals surface area contributed by atoms with Gasteiger partial charge in [0.15, 0.2) is 0 Å². The van der Waals surface area contributed by atoms with E-state index in [1.54, 1.807) is 11.0 Å². The third-order valence-electron chi connectivity index (χ3n) is 3.15. The lowest BCUT2D eigenvalue weighted by Gasteiger charge is -2.22. The minimum absolute atomic E-state index is 0.0916. The number of nitrogens with one attached hydrogen (secondary N) is 1. The monoisotopic (exact) mass is 347 g/mol. The highest BCUT2D eigenvalue weighted by Crippen LogP contribution is 2.11. The van der Waals surface area contributed by atoms with Crippen molar-refractivity contribution in [3.63, 3.8) is 0 Å². The molecule has 0 atom stereocenters. The van der Waals surface area contributed by atoms with E-state index in [0.29, 0.717) is 24.5 Å². The Labute approximate surface area is 137 Å². The van der Waals surface area contributed by atoms with Crippen LogP contribution in [0.1, 0.15) is 12.5 Å². The highest BCUT2D eigenvalue weighted by molar-refractivity contribution is 7.87. The number of rotatable bonds is 8. The minimum Gasteiger partial charge on any atom is -0.341 e. The Balaban J connectivity index is 2.51. The van der Waals surface area contributed by atoms with E-state index in [2.05, 4.69) is 4.72 Å². The molecule has 0 aliphatic heterocycles. The van der Waals surface area contributed by atoms with Gasteiger partial charge in [0.25, 0.3) is 10.2 Å². The van der Waals surface area contributed by atoms with Gasteiger partial charge in [-0.2, -0.15) is 12.7 Å². The second-order valence-corrected chi connectivity index (χ2v) is 7.47. The fourth-order valence-electron chi connectivity index (χ4n) is 1.82. The minimum atomic E-state index is -3.46. The first kappa shape index (κ1) is 18.9. The molecule has 0 aromatic heterocycles. The Morgan fingerprint density at radius 3 is 2.50 bits per heavy atom. The molecule has 1 rings (SSSR count). The van der Waals surface area contributed by atoms with Crippen molar-refractivity contribution in [1.29, 1.82) is 0 Å². The van der Waals surface area contributed by atoms with E-state index in [1.807, 2.05) is 18.2 Å². The third kappa shape index (κ3) is 6.31. The van der Waals surface area contributed by atoms with E-state index >= 15 is 0 Å². The Morgan fingerprint density at radius 1 is 1.27 bits per heavy atom. The molecule has 1 aromatic carbocycles. The van der Waals surface area contributed by atoms with Crippen molar-refractivity contribution in [2.75, 3.05) is 33.7 Å². The molecule has 0 heterocycles. The van der Waals surface area contributed by atoms with Crippen LogP contribution < -0.4 is 4.72 Å². The van der Waals surface area contributed by atoms with E-state index in [1.165, 1.54) is 21.0 Å². The molecule has 22 heavy (non-hydrogen) atoms. The third-order valence-corrected chi connectivity index (χ3v) is 4.92. The van der Waals surface area contributed by atoms with Crippen LogP contribution in [0.4, 0.5) is 0 Å². The molecular formula is C14H22ClN3O3S. The molecule has 0 spiro atoms. The predicted molar refractivity (Wildman–Crippen MR) is 88.0 cm³/mol. The van der Waals surface area contributed by atoms with Crippen LogP contribution >= 0.6 is 11.6 Å². The van der Waals surface area contributed by atoms with Gasteiger partial charge in [0.05, 0.1) is 0 Å². The summed E-state index contributed by atoms with van der Waals surface area (Å²) in [5.74, 6) is -0.0916. The largest absolute Gasteiger partial charge is 0.341 e. The highest BCUT2D eigenvalue weighted by atomic mass is 35.5. The smallest absolute Gasteiger partial charge is 0.278 e. The maximum atomic E-state index is 11.6. The highest BCUT2D eigenvalue weighted by Gasteiger charge is 2.14. The number of carbonyl (C=O) groups excluding carboxylic acids is 1. The van der Waals surface area contributed by atoms with Crippen LogP contribution in [0.5, 0.6) is 0 Å². The van der Waals surface area contributed by atoms with Crippen LogP contribution in [0.2, 0.25) is 5.02 Å². The number of carbonyl (C=O) groups is 1. The van der Waals surface area contributed by atoms with Crippen LogP contribution in [-0.2, 0) is 21.4 Å². The fraction of sp³-hybridized carbons (Fsp3) is 0.500. The van der Waals surface area contributed by atoms with Gasteiger partial charge in [-0.1, -0.05) is 23.7 Å². The summed E-state index contributed by atoms with van der Waals surface area (Å²) in [4.78, 5) is 13.2. The van der Waals surface area contributed by atoms with Gasteiger partial charge in [-0.05, 0) is 24.1 Å². The van der Waals surface area contributed by atoms with Crippen LogP contribution in [0, 0.1) is 0 Å². The van der Waals surface area contributed by atoms with Crippen LogP contribution in [0.3, 0.4) is 0 Å². The summed E-state index contributed by atoms with van der Waals surface area (Å²) in [7, 11) is -0.567. The normalized spacial score (nSPS) is 11.7. The van der Waals surface area contributed by atoms with Gasteiger partial charge < -0.3 is 4.90 Å². The molecule has 0 fully saturated rings. The van der Waals surface area contributed by atoms with Gasteiger partial charge in [0, 0.05) is 45.7 Å². The summed E-state index contributed by atoms with van der Waals surface area (Å²) in [5, 5.41) is 0.658. The average molecular weight is 348 g/mol. The first-order valence-corrected chi connectivity index (χ1v) is 8.71. The average Bonchev–Trinajstić information content (AvgIpc) is 2.42. The standard InChI is InChI=1S/C14H22ClN3O3S/c1-12(19)18(10-8-16-22(20,21)17(2)3)9-7-13-5-4-6-14(15)11-13/h4-6,11,16H,7-10H2,1-3H3.